The molecule has 0 aliphatic rings. The van der Waals surface area contributed by atoms with Crippen molar-refractivity contribution >= 4 is 5.97 Å². The van der Waals surface area contributed by atoms with E-state index >= 15 is 0 Å². The number of carboxylic acids is 1. The molecule has 0 unspecified atom stereocenters. The molecule has 1 aromatic carbocycles. The van der Waals surface area contributed by atoms with Gasteiger partial charge in [0.15, 0.2) is 0 Å². The van der Waals surface area contributed by atoms with E-state index in [4.69, 9.17) is 14.6 Å². The first-order chi connectivity index (χ1) is 8.65. The van der Waals surface area contributed by atoms with E-state index in [1.807, 2.05) is 13.0 Å². The quantitative estimate of drug-likeness (QED) is 0.723. The van der Waals surface area contributed by atoms with Crippen LogP contribution in [0.4, 0.5) is 0 Å². The van der Waals surface area contributed by atoms with E-state index < -0.39 is 5.97 Å². The Kier molecular flexibility index (Phi) is 6.22. The molecule has 1 N–H and O–H groups in total. The zero-order chi connectivity index (χ0) is 13.4. The van der Waals surface area contributed by atoms with Crippen LogP contribution in [0.25, 0.3) is 0 Å². The first-order valence-electron chi connectivity index (χ1n) is 6.19. The van der Waals surface area contributed by atoms with Crippen LogP contribution < -0.4 is 4.74 Å². The number of hydrogen-bond acceptors (Lipinski definition) is 3. The molecule has 0 saturated carbocycles. The lowest BCUT2D eigenvalue weighted by molar-refractivity contribution is 0.0684. The van der Waals surface area contributed by atoms with Crippen LogP contribution in [-0.2, 0) is 4.74 Å². The summed E-state index contributed by atoms with van der Waals surface area (Å²) >= 11 is 0. The van der Waals surface area contributed by atoms with Gasteiger partial charge < -0.3 is 14.6 Å². The number of aryl methyl sites for hydroxylation is 1. The molecule has 4 heteroatoms. The number of benzene rings is 1. The minimum absolute atomic E-state index is 0.198. The number of carboxylic acid groups (broad SMARTS) is 1. The minimum Gasteiger partial charge on any atom is -0.490 e. The van der Waals surface area contributed by atoms with E-state index in [1.165, 1.54) is 0 Å². The first-order valence-corrected chi connectivity index (χ1v) is 6.19. The van der Waals surface area contributed by atoms with Gasteiger partial charge in [-0.05, 0) is 25.5 Å². The molecule has 0 aromatic heterocycles. The van der Waals surface area contributed by atoms with Crippen LogP contribution in [0.15, 0.2) is 18.2 Å². The summed E-state index contributed by atoms with van der Waals surface area (Å²) in [4.78, 5) is 11.0. The van der Waals surface area contributed by atoms with Gasteiger partial charge in [-0.2, -0.15) is 0 Å². The Morgan fingerprint density at radius 3 is 2.72 bits per heavy atom. The van der Waals surface area contributed by atoms with Gasteiger partial charge >= 0.3 is 5.97 Å². The fourth-order valence-corrected chi connectivity index (χ4v) is 1.50. The van der Waals surface area contributed by atoms with Crippen LogP contribution in [0.5, 0.6) is 5.75 Å². The van der Waals surface area contributed by atoms with Gasteiger partial charge in [-0.15, -0.1) is 0 Å². The summed E-state index contributed by atoms with van der Waals surface area (Å²) in [6.07, 6.45) is 2.13. The largest absolute Gasteiger partial charge is 0.490 e. The average molecular weight is 252 g/mol. The van der Waals surface area contributed by atoms with Crippen molar-refractivity contribution < 1.29 is 19.4 Å². The van der Waals surface area contributed by atoms with Gasteiger partial charge in [0.2, 0.25) is 0 Å². The lowest BCUT2D eigenvalue weighted by Crippen LogP contribution is -2.10. The molecular formula is C14H20O4. The predicted octanol–water partition coefficient (Wildman–Crippen LogP) is 2.89. The maximum absolute atomic E-state index is 11.0. The van der Waals surface area contributed by atoms with Crippen LogP contribution >= 0.6 is 0 Å². The second kappa shape index (κ2) is 7.71. The standard InChI is InChI=1S/C14H20O4/c1-3-4-7-17-8-9-18-13-6-5-11(2)10-12(13)14(15)16/h5-6,10H,3-4,7-9H2,1-2H3,(H,15,16). The summed E-state index contributed by atoms with van der Waals surface area (Å²) in [6.45, 7) is 5.52. The number of aromatic carboxylic acids is 1. The van der Waals surface area contributed by atoms with Crippen LogP contribution in [0, 0.1) is 6.92 Å². The van der Waals surface area contributed by atoms with Gasteiger partial charge in [-0.3, -0.25) is 0 Å². The molecule has 4 nitrogen and oxygen atoms in total. The Hall–Kier alpha value is -1.55. The fourth-order valence-electron chi connectivity index (χ4n) is 1.50. The molecule has 100 valence electrons. The van der Waals surface area contributed by atoms with Gasteiger partial charge in [-0.1, -0.05) is 25.0 Å². The highest BCUT2D eigenvalue weighted by molar-refractivity contribution is 5.91. The van der Waals surface area contributed by atoms with E-state index in [9.17, 15) is 4.79 Å². The van der Waals surface area contributed by atoms with Gasteiger partial charge in [0.05, 0.1) is 6.61 Å². The minimum atomic E-state index is -0.972. The fraction of sp³-hybridized carbons (Fsp3) is 0.500. The van der Waals surface area contributed by atoms with E-state index in [2.05, 4.69) is 6.92 Å². The van der Waals surface area contributed by atoms with Crippen molar-refractivity contribution in [1.29, 1.82) is 0 Å². The van der Waals surface area contributed by atoms with Crippen molar-refractivity contribution in [1.82, 2.24) is 0 Å². The zero-order valence-corrected chi connectivity index (χ0v) is 10.9. The second-order valence-corrected chi connectivity index (χ2v) is 4.12. The zero-order valence-electron chi connectivity index (χ0n) is 10.9. The van der Waals surface area contributed by atoms with Crippen molar-refractivity contribution in [2.24, 2.45) is 0 Å². The third-order valence-electron chi connectivity index (χ3n) is 2.49. The Morgan fingerprint density at radius 2 is 2.06 bits per heavy atom. The maximum atomic E-state index is 11.0. The Morgan fingerprint density at radius 1 is 1.28 bits per heavy atom. The molecule has 0 radical (unpaired) electrons. The summed E-state index contributed by atoms with van der Waals surface area (Å²) in [6, 6.07) is 5.13. The highest BCUT2D eigenvalue weighted by atomic mass is 16.5. The number of ether oxygens (including phenoxy) is 2. The summed E-state index contributed by atoms with van der Waals surface area (Å²) in [5, 5.41) is 9.05. The van der Waals surface area contributed by atoms with Gasteiger partial charge in [0.25, 0.3) is 0 Å². The van der Waals surface area contributed by atoms with Gasteiger partial charge in [0, 0.05) is 6.61 Å². The first kappa shape index (κ1) is 14.5. The molecule has 0 atom stereocenters. The number of carbonyl (C=O) groups is 1. The van der Waals surface area contributed by atoms with Crippen molar-refractivity contribution in [2.75, 3.05) is 19.8 Å². The van der Waals surface area contributed by atoms with Crippen LogP contribution in [0.1, 0.15) is 35.7 Å². The third kappa shape index (κ3) is 4.75. The lowest BCUT2D eigenvalue weighted by Gasteiger charge is -2.10. The Bertz CT molecular complexity index is 387. The molecule has 0 spiro atoms. The molecule has 0 heterocycles. The van der Waals surface area contributed by atoms with Gasteiger partial charge in [0.1, 0.15) is 17.9 Å². The SMILES string of the molecule is CCCCOCCOc1ccc(C)cc1C(=O)O. The van der Waals surface area contributed by atoms with Crippen molar-refractivity contribution in [2.45, 2.75) is 26.7 Å². The van der Waals surface area contributed by atoms with Crippen molar-refractivity contribution in [3.05, 3.63) is 29.3 Å². The molecule has 0 saturated heterocycles. The Labute approximate surface area is 108 Å². The molecule has 18 heavy (non-hydrogen) atoms. The maximum Gasteiger partial charge on any atom is 0.339 e. The molecule has 0 amide bonds. The number of unbranched alkanes of at least 4 members (excludes halogenated alkanes) is 1. The predicted molar refractivity (Wildman–Crippen MR) is 69.4 cm³/mol. The highest BCUT2D eigenvalue weighted by Gasteiger charge is 2.11. The highest BCUT2D eigenvalue weighted by Crippen LogP contribution is 2.19. The topological polar surface area (TPSA) is 55.8 Å². The summed E-state index contributed by atoms with van der Waals surface area (Å²) in [5.74, 6) is -0.576. The summed E-state index contributed by atoms with van der Waals surface area (Å²) in [5.41, 5.74) is 1.10. The number of rotatable bonds is 8. The van der Waals surface area contributed by atoms with E-state index in [0.29, 0.717) is 19.0 Å². The molecule has 0 bridgehead atoms. The normalized spacial score (nSPS) is 10.3. The summed E-state index contributed by atoms with van der Waals surface area (Å²) < 4.78 is 10.8. The van der Waals surface area contributed by atoms with Crippen LogP contribution in [0.3, 0.4) is 0 Å². The number of hydrogen-bond donors (Lipinski definition) is 1. The van der Waals surface area contributed by atoms with Crippen LogP contribution in [-0.4, -0.2) is 30.9 Å². The molecule has 1 rings (SSSR count). The van der Waals surface area contributed by atoms with E-state index in [1.54, 1.807) is 12.1 Å². The molecule has 0 aliphatic carbocycles. The molecular weight excluding hydrogens is 232 g/mol. The molecule has 1 aromatic rings. The third-order valence-corrected chi connectivity index (χ3v) is 2.49. The van der Waals surface area contributed by atoms with Gasteiger partial charge in [-0.25, -0.2) is 4.79 Å². The van der Waals surface area contributed by atoms with E-state index in [0.717, 1.165) is 25.0 Å². The van der Waals surface area contributed by atoms with Crippen molar-refractivity contribution in [3.63, 3.8) is 0 Å². The monoisotopic (exact) mass is 252 g/mol. The smallest absolute Gasteiger partial charge is 0.339 e. The Balaban J connectivity index is 2.44. The summed E-state index contributed by atoms with van der Waals surface area (Å²) in [7, 11) is 0. The van der Waals surface area contributed by atoms with Crippen molar-refractivity contribution in [3.8, 4) is 5.75 Å². The van der Waals surface area contributed by atoms with Crippen LogP contribution in [0.2, 0.25) is 0 Å². The van der Waals surface area contributed by atoms with E-state index in [-0.39, 0.29) is 5.56 Å². The second-order valence-electron chi connectivity index (χ2n) is 4.12. The molecule has 0 aliphatic heterocycles. The lowest BCUT2D eigenvalue weighted by atomic mass is 10.1. The molecule has 0 fully saturated rings. The average Bonchev–Trinajstić information content (AvgIpc) is 2.35.